The predicted molar refractivity (Wildman–Crippen MR) is 102 cm³/mol. The number of hydrogen-bond donors (Lipinski definition) is 2. The van der Waals surface area contributed by atoms with Gasteiger partial charge < -0.3 is 20.9 Å². The Morgan fingerprint density at radius 3 is 2.50 bits per heavy atom. The van der Waals surface area contributed by atoms with Gasteiger partial charge in [-0.1, -0.05) is 19.9 Å². The highest BCUT2D eigenvalue weighted by Gasteiger charge is 2.23. The molecule has 0 aliphatic heterocycles. The second-order valence-electron chi connectivity index (χ2n) is 7.40. The summed E-state index contributed by atoms with van der Waals surface area (Å²) < 4.78 is 37.5. The third kappa shape index (κ3) is 6.16. The molecular formula is C20H25F2N3O3. The minimum atomic E-state index is -2.73. The first-order chi connectivity index (χ1) is 13.1. The molecule has 0 radical (unpaired) electrons. The molecule has 28 heavy (non-hydrogen) atoms. The van der Waals surface area contributed by atoms with Gasteiger partial charge in [-0.2, -0.15) is 0 Å². The topological polar surface area (TPSA) is 100 Å². The van der Waals surface area contributed by atoms with Gasteiger partial charge in [-0.3, -0.25) is 0 Å². The third-order valence-corrected chi connectivity index (χ3v) is 3.95. The maximum absolute atomic E-state index is 13.6. The number of nitrogens with two attached hydrogens (primary N) is 2. The fourth-order valence-corrected chi connectivity index (χ4v) is 3.01. The lowest BCUT2D eigenvalue weighted by molar-refractivity contribution is 0.140. The van der Waals surface area contributed by atoms with Crippen molar-refractivity contribution in [3.63, 3.8) is 0 Å². The fraction of sp³-hybridized carbons (Fsp3) is 0.400. The summed E-state index contributed by atoms with van der Waals surface area (Å²) in [6.45, 7) is 6.03. The lowest BCUT2D eigenvalue weighted by Crippen LogP contribution is -2.43. The number of amides is 1. The van der Waals surface area contributed by atoms with Crippen LogP contribution in [0.1, 0.15) is 39.2 Å². The zero-order valence-corrected chi connectivity index (χ0v) is 16.1. The lowest BCUT2D eigenvalue weighted by Gasteiger charge is -2.27. The molecule has 0 fully saturated rings. The first-order valence-corrected chi connectivity index (χ1v) is 8.85. The number of hydrogen-bond acceptors (Lipinski definition) is 5. The first-order valence-electron chi connectivity index (χ1n) is 8.85. The molecule has 4 N–H and O–H groups in total. The third-order valence-electron chi connectivity index (χ3n) is 3.95. The number of aromatic nitrogens is 1. The van der Waals surface area contributed by atoms with Crippen LogP contribution in [0.25, 0.3) is 11.1 Å². The smallest absolute Gasteiger partial charge is 0.411 e. The van der Waals surface area contributed by atoms with E-state index in [-0.39, 0.29) is 23.8 Å². The van der Waals surface area contributed by atoms with E-state index in [2.05, 4.69) is 4.98 Å². The molecule has 1 amide bonds. The van der Waals surface area contributed by atoms with E-state index in [0.717, 1.165) is 0 Å². The van der Waals surface area contributed by atoms with Gasteiger partial charge in [-0.15, -0.1) is 0 Å². The van der Waals surface area contributed by atoms with Crippen LogP contribution in [0.15, 0.2) is 36.5 Å². The highest BCUT2D eigenvalue weighted by Crippen LogP contribution is 2.34. The average Bonchev–Trinajstić information content (AvgIpc) is 2.58. The Bertz CT molecular complexity index is 826. The maximum atomic E-state index is 13.6. The van der Waals surface area contributed by atoms with Crippen molar-refractivity contribution in [2.75, 3.05) is 6.61 Å². The molecule has 2 aromatic rings. The Morgan fingerprint density at radius 2 is 1.89 bits per heavy atom. The van der Waals surface area contributed by atoms with E-state index in [4.69, 9.17) is 20.9 Å². The van der Waals surface area contributed by atoms with Crippen LogP contribution < -0.4 is 20.9 Å². The van der Waals surface area contributed by atoms with Crippen molar-refractivity contribution in [3.05, 3.63) is 42.1 Å². The maximum Gasteiger partial charge on any atom is 0.411 e. The van der Waals surface area contributed by atoms with E-state index in [1.54, 1.807) is 12.1 Å². The van der Waals surface area contributed by atoms with Gasteiger partial charge >= 0.3 is 6.09 Å². The van der Waals surface area contributed by atoms with Gasteiger partial charge in [-0.25, -0.2) is 18.6 Å². The largest absolute Gasteiger partial charge is 0.491 e. The number of carbonyl (C=O) groups excluding carboxylic acids is 1. The zero-order valence-electron chi connectivity index (χ0n) is 16.1. The fourth-order valence-electron chi connectivity index (χ4n) is 3.01. The highest BCUT2D eigenvalue weighted by atomic mass is 19.3. The Kier molecular flexibility index (Phi) is 6.90. The molecule has 0 unspecified atom stereocenters. The SMILES string of the molecule is CC(C)C[C@](C)(N)COc1ccc(-c2ccnc(OC(N)=O)c2)cc1C(F)F. The molecular weight excluding hydrogens is 368 g/mol. The number of halogens is 2. The minimum absolute atomic E-state index is 0.0171. The Morgan fingerprint density at radius 1 is 1.21 bits per heavy atom. The van der Waals surface area contributed by atoms with E-state index in [9.17, 15) is 13.6 Å². The van der Waals surface area contributed by atoms with Crippen LogP contribution in [0.5, 0.6) is 11.6 Å². The van der Waals surface area contributed by atoms with E-state index < -0.39 is 18.1 Å². The van der Waals surface area contributed by atoms with Gasteiger partial charge in [0.15, 0.2) is 0 Å². The van der Waals surface area contributed by atoms with Crippen molar-refractivity contribution in [2.24, 2.45) is 17.4 Å². The molecule has 6 nitrogen and oxygen atoms in total. The summed E-state index contributed by atoms with van der Waals surface area (Å²) in [4.78, 5) is 14.7. The van der Waals surface area contributed by atoms with Gasteiger partial charge in [0.05, 0.1) is 5.56 Å². The van der Waals surface area contributed by atoms with Crippen LogP contribution in [0.4, 0.5) is 13.6 Å². The second kappa shape index (κ2) is 8.97. The summed E-state index contributed by atoms with van der Waals surface area (Å²) >= 11 is 0. The molecule has 0 aliphatic carbocycles. The summed E-state index contributed by atoms with van der Waals surface area (Å²) in [5, 5.41) is 0. The summed E-state index contributed by atoms with van der Waals surface area (Å²) in [5.41, 5.74) is 11.3. The number of rotatable bonds is 8. The predicted octanol–water partition coefficient (Wildman–Crippen LogP) is 4.29. The standard InChI is InChI=1S/C20H25F2N3O3/c1-12(2)10-20(3,24)11-27-16-5-4-13(8-15(16)18(21)22)14-6-7-25-17(9-14)28-19(23)26/h4-9,12,18H,10-11,24H2,1-3H3,(H2,23,26)/t20-/m0/s1. The van der Waals surface area contributed by atoms with E-state index in [0.29, 0.717) is 23.5 Å². The Balaban J connectivity index is 2.27. The number of pyridine rings is 1. The van der Waals surface area contributed by atoms with Crippen LogP contribution in [0.2, 0.25) is 0 Å². The van der Waals surface area contributed by atoms with Crippen LogP contribution in [-0.4, -0.2) is 23.2 Å². The molecule has 0 bridgehead atoms. The molecule has 1 atom stereocenters. The number of alkyl halides is 2. The zero-order chi connectivity index (χ0) is 20.9. The van der Waals surface area contributed by atoms with Gasteiger partial charge in [-0.05, 0) is 48.6 Å². The van der Waals surface area contributed by atoms with Gasteiger partial charge in [0.1, 0.15) is 12.4 Å². The van der Waals surface area contributed by atoms with Gasteiger partial charge in [0, 0.05) is 17.8 Å². The molecule has 0 aliphatic rings. The summed E-state index contributed by atoms with van der Waals surface area (Å²) in [7, 11) is 0. The molecule has 1 heterocycles. The van der Waals surface area contributed by atoms with Crippen LogP contribution in [0.3, 0.4) is 0 Å². The summed E-state index contributed by atoms with van der Waals surface area (Å²) in [6.07, 6.45) is -1.64. The van der Waals surface area contributed by atoms with E-state index in [1.807, 2.05) is 20.8 Å². The molecule has 1 aromatic heterocycles. The van der Waals surface area contributed by atoms with E-state index in [1.165, 1.54) is 24.4 Å². The van der Waals surface area contributed by atoms with Gasteiger partial charge in [0.25, 0.3) is 6.43 Å². The number of primary amides is 1. The Hall–Kier alpha value is -2.74. The molecule has 0 spiro atoms. The normalized spacial score (nSPS) is 13.4. The molecule has 2 rings (SSSR count). The second-order valence-corrected chi connectivity index (χ2v) is 7.40. The quantitative estimate of drug-likeness (QED) is 0.697. The monoisotopic (exact) mass is 393 g/mol. The minimum Gasteiger partial charge on any atom is -0.491 e. The number of nitrogens with zero attached hydrogens (tertiary/aromatic N) is 1. The Labute approximate surface area is 162 Å². The van der Waals surface area contributed by atoms with Crippen LogP contribution >= 0.6 is 0 Å². The molecule has 8 heteroatoms. The van der Waals surface area contributed by atoms with Crippen molar-refractivity contribution in [3.8, 4) is 22.8 Å². The average molecular weight is 393 g/mol. The van der Waals surface area contributed by atoms with Crippen molar-refractivity contribution in [1.82, 2.24) is 4.98 Å². The number of ether oxygens (including phenoxy) is 2. The molecule has 0 saturated heterocycles. The first kappa shape index (κ1) is 21.6. The van der Waals surface area contributed by atoms with Gasteiger partial charge in [0.2, 0.25) is 5.88 Å². The number of carbonyl (C=O) groups is 1. The van der Waals surface area contributed by atoms with Crippen LogP contribution in [-0.2, 0) is 0 Å². The molecule has 152 valence electrons. The summed E-state index contributed by atoms with van der Waals surface area (Å²) in [6, 6.07) is 7.51. The summed E-state index contributed by atoms with van der Waals surface area (Å²) in [5.74, 6) is 0.428. The number of benzene rings is 1. The highest BCUT2D eigenvalue weighted by molar-refractivity contribution is 5.70. The van der Waals surface area contributed by atoms with Crippen molar-refractivity contribution in [2.45, 2.75) is 39.2 Å². The van der Waals surface area contributed by atoms with E-state index >= 15 is 0 Å². The lowest BCUT2D eigenvalue weighted by atomic mass is 9.93. The van der Waals surface area contributed by atoms with Crippen molar-refractivity contribution >= 4 is 6.09 Å². The molecule has 0 saturated carbocycles. The molecule has 1 aromatic carbocycles. The van der Waals surface area contributed by atoms with Crippen molar-refractivity contribution in [1.29, 1.82) is 0 Å². The van der Waals surface area contributed by atoms with Crippen molar-refractivity contribution < 1.29 is 23.0 Å². The van der Waals surface area contributed by atoms with Crippen LogP contribution in [0, 0.1) is 5.92 Å².